The Bertz CT molecular complexity index is 474. The van der Waals surface area contributed by atoms with E-state index >= 15 is 0 Å². The number of amides is 1. The van der Waals surface area contributed by atoms with Crippen LogP contribution in [0.3, 0.4) is 0 Å². The number of carbonyl (C=O) groups is 1. The summed E-state index contributed by atoms with van der Waals surface area (Å²) < 4.78 is 6.29. The number of nitrogens with zero attached hydrogens (tertiary/aromatic N) is 1. The van der Waals surface area contributed by atoms with E-state index in [1.807, 2.05) is 32.2 Å². The molecule has 1 aliphatic rings. The van der Waals surface area contributed by atoms with Crippen LogP contribution in [-0.4, -0.2) is 40.4 Å². The molecule has 6 heteroatoms. The number of hydrogen-bond acceptors (Lipinski definition) is 4. The predicted octanol–water partition coefficient (Wildman–Crippen LogP) is 3.03. The van der Waals surface area contributed by atoms with Crippen LogP contribution in [-0.2, 0) is 11.2 Å². The first-order valence-corrected chi connectivity index (χ1v) is 7.77. The summed E-state index contributed by atoms with van der Waals surface area (Å²) in [5.74, 6) is 0. The largest absolute Gasteiger partial charge is 0.444 e. The molecule has 1 aromatic rings. The average Bonchev–Trinajstić information content (AvgIpc) is 2.57. The van der Waals surface area contributed by atoms with E-state index in [9.17, 15) is 9.90 Å². The maximum absolute atomic E-state index is 11.8. The molecule has 0 saturated carbocycles. The first-order chi connectivity index (χ1) is 8.67. The van der Waals surface area contributed by atoms with Crippen LogP contribution < -0.4 is 0 Å². The SMILES string of the molecule is CC(C)(C)OC(=O)N1CC(O)(Cc2cc(Br)cs2)C1. The van der Waals surface area contributed by atoms with Gasteiger partial charge in [-0.1, -0.05) is 0 Å². The molecule has 1 fully saturated rings. The minimum atomic E-state index is -0.818. The third-order valence-electron chi connectivity index (χ3n) is 2.75. The summed E-state index contributed by atoms with van der Waals surface area (Å²) in [6, 6.07) is 2.00. The molecule has 0 spiro atoms. The van der Waals surface area contributed by atoms with Crippen LogP contribution >= 0.6 is 27.3 Å². The Morgan fingerprint density at radius 1 is 1.58 bits per heavy atom. The third-order valence-corrected chi connectivity index (χ3v) is 4.44. The van der Waals surface area contributed by atoms with Crippen LogP contribution in [0.2, 0.25) is 0 Å². The van der Waals surface area contributed by atoms with E-state index in [0.29, 0.717) is 19.5 Å². The highest BCUT2D eigenvalue weighted by atomic mass is 79.9. The molecule has 1 aromatic heterocycles. The summed E-state index contributed by atoms with van der Waals surface area (Å²) in [5, 5.41) is 12.3. The molecule has 4 nitrogen and oxygen atoms in total. The van der Waals surface area contributed by atoms with E-state index in [4.69, 9.17) is 4.74 Å². The van der Waals surface area contributed by atoms with Crippen molar-refractivity contribution in [1.29, 1.82) is 0 Å². The molecule has 2 heterocycles. The van der Waals surface area contributed by atoms with Crippen LogP contribution in [0.15, 0.2) is 15.9 Å². The van der Waals surface area contributed by atoms with Crippen molar-refractivity contribution in [2.24, 2.45) is 0 Å². The number of hydrogen-bond donors (Lipinski definition) is 1. The van der Waals surface area contributed by atoms with Crippen LogP contribution in [0.4, 0.5) is 4.79 Å². The lowest BCUT2D eigenvalue weighted by Gasteiger charge is -2.46. The van der Waals surface area contributed by atoms with Crippen LogP contribution in [0.25, 0.3) is 0 Å². The molecule has 0 aliphatic carbocycles. The fourth-order valence-electron chi connectivity index (χ4n) is 2.00. The highest BCUT2D eigenvalue weighted by molar-refractivity contribution is 9.10. The zero-order chi connectivity index (χ0) is 14.3. The molecule has 0 bridgehead atoms. The summed E-state index contributed by atoms with van der Waals surface area (Å²) >= 11 is 5.00. The molecule has 1 saturated heterocycles. The van der Waals surface area contributed by atoms with Gasteiger partial charge in [-0.25, -0.2) is 4.79 Å². The monoisotopic (exact) mass is 347 g/mol. The first kappa shape index (κ1) is 14.8. The van der Waals surface area contributed by atoms with Gasteiger partial charge in [0.15, 0.2) is 0 Å². The van der Waals surface area contributed by atoms with Gasteiger partial charge in [-0.15, -0.1) is 11.3 Å². The number of β-amino-alcohol motifs (C(OH)–C–C–N with tert-alkyl or cyclic N) is 1. The van der Waals surface area contributed by atoms with Crippen molar-refractivity contribution in [3.8, 4) is 0 Å². The number of carbonyl (C=O) groups excluding carboxylic acids is 1. The van der Waals surface area contributed by atoms with E-state index < -0.39 is 11.2 Å². The minimum Gasteiger partial charge on any atom is -0.444 e. The number of thiophene rings is 1. The van der Waals surface area contributed by atoms with E-state index in [1.165, 1.54) is 4.90 Å². The lowest BCUT2D eigenvalue weighted by molar-refractivity contribution is -0.0969. The second kappa shape index (κ2) is 5.07. The third kappa shape index (κ3) is 3.94. The lowest BCUT2D eigenvalue weighted by Crippen LogP contribution is -2.65. The van der Waals surface area contributed by atoms with E-state index in [0.717, 1.165) is 9.35 Å². The Labute approximate surface area is 125 Å². The van der Waals surface area contributed by atoms with Gasteiger partial charge in [0.2, 0.25) is 0 Å². The highest BCUT2D eigenvalue weighted by Gasteiger charge is 2.45. The number of halogens is 1. The summed E-state index contributed by atoms with van der Waals surface area (Å²) in [5.41, 5.74) is -1.31. The lowest BCUT2D eigenvalue weighted by atomic mass is 9.90. The van der Waals surface area contributed by atoms with Crippen molar-refractivity contribution in [3.05, 3.63) is 20.8 Å². The van der Waals surface area contributed by atoms with Crippen molar-refractivity contribution >= 4 is 33.4 Å². The van der Waals surface area contributed by atoms with Gasteiger partial charge in [0, 0.05) is 21.2 Å². The fraction of sp³-hybridized carbons (Fsp3) is 0.615. The van der Waals surface area contributed by atoms with E-state index in [2.05, 4.69) is 15.9 Å². The molecule has 19 heavy (non-hydrogen) atoms. The summed E-state index contributed by atoms with van der Waals surface area (Å²) in [7, 11) is 0. The number of likely N-dealkylation sites (tertiary alicyclic amines) is 1. The van der Waals surface area contributed by atoms with Gasteiger partial charge < -0.3 is 14.7 Å². The quantitative estimate of drug-likeness (QED) is 0.894. The molecule has 2 rings (SSSR count). The van der Waals surface area contributed by atoms with Crippen molar-refractivity contribution in [3.63, 3.8) is 0 Å². The number of aliphatic hydroxyl groups is 1. The van der Waals surface area contributed by atoms with E-state index in [1.54, 1.807) is 11.3 Å². The van der Waals surface area contributed by atoms with Gasteiger partial charge in [0.05, 0.1) is 13.1 Å². The Kier molecular flexibility index (Phi) is 3.95. The summed E-state index contributed by atoms with van der Waals surface area (Å²) in [6.45, 7) is 6.16. The Morgan fingerprint density at radius 2 is 2.21 bits per heavy atom. The molecular weight excluding hydrogens is 330 g/mol. The maximum Gasteiger partial charge on any atom is 0.410 e. The number of rotatable bonds is 2. The fourth-order valence-corrected chi connectivity index (χ4v) is 3.59. The molecule has 0 radical (unpaired) electrons. The standard InChI is InChI=1S/C13H18BrNO3S/c1-12(2,3)18-11(16)15-7-13(17,8-15)5-10-4-9(14)6-19-10/h4,6,17H,5,7-8H2,1-3H3. The maximum atomic E-state index is 11.8. The zero-order valence-corrected chi connectivity index (χ0v) is 13.7. The van der Waals surface area contributed by atoms with E-state index in [-0.39, 0.29) is 6.09 Å². The van der Waals surface area contributed by atoms with Crippen molar-refractivity contribution in [2.75, 3.05) is 13.1 Å². The van der Waals surface area contributed by atoms with Gasteiger partial charge in [0.25, 0.3) is 0 Å². The average molecular weight is 348 g/mol. The first-order valence-electron chi connectivity index (χ1n) is 6.10. The molecular formula is C13H18BrNO3S. The Balaban J connectivity index is 1.86. The van der Waals surface area contributed by atoms with Gasteiger partial charge in [-0.05, 0) is 42.8 Å². The second-order valence-electron chi connectivity index (χ2n) is 5.97. The molecule has 1 N–H and O–H groups in total. The van der Waals surface area contributed by atoms with Gasteiger partial charge in [-0.2, -0.15) is 0 Å². The van der Waals surface area contributed by atoms with Gasteiger partial charge in [-0.3, -0.25) is 0 Å². The normalized spacial score (nSPS) is 18.1. The molecule has 0 atom stereocenters. The van der Waals surface area contributed by atoms with Crippen LogP contribution in [0.5, 0.6) is 0 Å². The molecule has 0 aromatic carbocycles. The van der Waals surface area contributed by atoms with Gasteiger partial charge in [0.1, 0.15) is 11.2 Å². The van der Waals surface area contributed by atoms with Crippen LogP contribution in [0, 0.1) is 0 Å². The zero-order valence-electron chi connectivity index (χ0n) is 11.3. The van der Waals surface area contributed by atoms with Crippen LogP contribution in [0.1, 0.15) is 25.6 Å². The topological polar surface area (TPSA) is 49.8 Å². The van der Waals surface area contributed by atoms with Gasteiger partial charge >= 0.3 is 6.09 Å². The molecule has 1 amide bonds. The van der Waals surface area contributed by atoms with Crippen molar-refractivity contribution < 1.29 is 14.6 Å². The smallest absolute Gasteiger partial charge is 0.410 e. The Hall–Kier alpha value is -0.590. The molecule has 106 valence electrons. The summed E-state index contributed by atoms with van der Waals surface area (Å²) in [6.07, 6.45) is 0.215. The predicted molar refractivity (Wildman–Crippen MR) is 78.5 cm³/mol. The molecule has 1 aliphatic heterocycles. The van der Waals surface area contributed by atoms with Crippen molar-refractivity contribution in [1.82, 2.24) is 4.90 Å². The summed E-state index contributed by atoms with van der Waals surface area (Å²) in [4.78, 5) is 14.4. The second-order valence-corrected chi connectivity index (χ2v) is 7.88. The molecule has 0 unspecified atom stereocenters. The highest BCUT2D eigenvalue weighted by Crippen LogP contribution is 2.30. The number of ether oxygens (including phenoxy) is 1. The van der Waals surface area contributed by atoms with Crippen molar-refractivity contribution in [2.45, 2.75) is 38.4 Å². The minimum absolute atomic E-state index is 0.331. The Morgan fingerprint density at radius 3 is 2.68 bits per heavy atom.